The first-order valence-corrected chi connectivity index (χ1v) is 5.60. The third-order valence-electron chi connectivity index (χ3n) is 2.40. The van der Waals surface area contributed by atoms with Crippen LogP contribution >= 0.6 is 11.6 Å². The first-order chi connectivity index (χ1) is 8.33. The number of pyridine rings is 1. The summed E-state index contributed by atoms with van der Waals surface area (Å²) in [5, 5.41) is 0.472. The quantitative estimate of drug-likeness (QED) is 0.602. The number of methoxy groups -OCH3 is 1. The molecule has 2 rings (SSSR count). The van der Waals surface area contributed by atoms with Crippen LogP contribution in [0.15, 0.2) is 48.9 Å². The van der Waals surface area contributed by atoms with Crippen molar-refractivity contribution in [2.75, 3.05) is 7.11 Å². The Kier molecular flexibility index (Phi) is 3.78. The molecule has 0 amide bonds. The number of ether oxygens (including phenoxy) is 1. The molecule has 2 nitrogen and oxygen atoms in total. The average molecular weight is 246 g/mol. The third kappa shape index (κ3) is 2.66. The summed E-state index contributed by atoms with van der Waals surface area (Å²) in [7, 11) is 1.60. The molecular formula is C14H12ClNO. The Morgan fingerprint density at radius 1 is 1.18 bits per heavy atom. The number of hydrogen-bond acceptors (Lipinski definition) is 2. The molecule has 0 N–H and O–H groups in total. The van der Waals surface area contributed by atoms with Crippen molar-refractivity contribution >= 4 is 17.7 Å². The molecule has 0 unspecified atom stereocenters. The second-order valence-corrected chi connectivity index (χ2v) is 3.83. The van der Waals surface area contributed by atoms with Crippen molar-refractivity contribution in [1.82, 2.24) is 4.98 Å². The summed E-state index contributed by atoms with van der Waals surface area (Å²) in [5.74, 6) is 0. The fourth-order valence-corrected chi connectivity index (χ4v) is 1.83. The van der Waals surface area contributed by atoms with E-state index in [0.29, 0.717) is 5.15 Å². The number of rotatable bonds is 3. The molecular weight excluding hydrogens is 234 g/mol. The molecule has 0 aliphatic heterocycles. The number of hydrogen-bond donors (Lipinski definition) is 0. The standard InChI is InChI=1S/C14H12ClNO/c1-17-10-8-13-12(7-9-16-14(13)15)11-5-3-2-4-6-11/h2-10H,1H3/b10-8+. The van der Waals surface area contributed by atoms with Gasteiger partial charge in [-0.05, 0) is 23.3 Å². The summed E-state index contributed by atoms with van der Waals surface area (Å²) >= 11 is 6.10. The van der Waals surface area contributed by atoms with Gasteiger partial charge in [-0.3, -0.25) is 0 Å². The maximum atomic E-state index is 6.10. The molecule has 86 valence electrons. The topological polar surface area (TPSA) is 22.1 Å². The van der Waals surface area contributed by atoms with Crippen LogP contribution in [-0.2, 0) is 4.74 Å². The molecule has 0 saturated heterocycles. The Hall–Kier alpha value is -1.80. The van der Waals surface area contributed by atoms with Gasteiger partial charge in [0, 0.05) is 11.8 Å². The molecule has 1 heterocycles. The van der Waals surface area contributed by atoms with E-state index >= 15 is 0 Å². The summed E-state index contributed by atoms with van der Waals surface area (Å²) < 4.78 is 4.92. The van der Waals surface area contributed by atoms with Gasteiger partial charge >= 0.3 is 0 Å². The predicted molar refractivity (Wildman–Crippen MR) is 70.7 cm³/mol. The molecule has 3 heteroatoms. The van der Waals surface area contributed by atoms with E-state index in [4.69, 9.17) is 16.3 Å². The van der Waals surface area contributed by atoms with E-state index in [2.05, 4.69) is 4.98 Å². The van der Waals surface area contributed by atoms with E-state index in [9.17, 15) is 0 Å². The van der Waals surface area contributed by atoms with Crippen LogP contribution < -0.4 is 0 Å². The number of nitrogens with zero attached hydrogens (tertiary/aromatic N) is 1. The Labute approximate surface area is 106 Å². The molecule has 0 spiro atoms. The van der Waals surface area contributed by atoms with Crippen LogP contribution in [0.3, 0.4) is 0 Å². The molecule has 0 radical (unpaired) electrons. The zero-order chi connectivity index (χ0) is 12.1. The SMILES string of the molecule is CO/C=C/c1c(-c2ccccc2)ccnc1Cl. The lowest BCUT2D eigenvalue weighted by atomic mass is 10.0. The van der Waals surface area contributed by atoms with E-state index in [1.165, 1.54) is 0 Å². The molecule has 0 aliphatic rings. The molecule has 1 aromatic heterocycles. The fraction of sp³-hybridized carbons (Fsp3) is 0.0714. The van der Waals surface area contributed by atoms with E-state index in [1.807, 2.05) is 42.5 Å². The van der Waals surface area contributed by atoms with Gasteiger partial charge in [-0.25, -0.2) is 4.98 Å². The summed E-state index contributed by atoms with van der Waals surface area (Å²) in [6.45, 7) is 0. The number of benzene rings is 1. The minimum Gasteiger partial charge on any atom is -0.504 e. The molecule has 1 aromatic carbocycles. The van der Waals surface area contributed by atoms with E-state index in [0.717, 1.165) is 16.7 Å². The van der Waals surface area contributed by atoms with Gasteiger partial charge in [0.15, 0.2) is 0 Å². The van der Waals surface area contributed by atoms with Gasteiger partial charge in [-0.15, -0.1) is 0 Å². The Balaban J connectivity index is 2.54. The first-order valence-electron chi connectivity index (χ1n) is 5.22. The average Bonchev–Trinajstić information content (AvgIpc) is 2.38. The molecule has 0 atom stereocenters. The van der Waals surface area contributed by atoms with Crippen molar-refractivity contribution in [2.24, 2.45) is 0 Å². The van der Waals surface area contributed by atoms with Crippen molar-refractivity contribution in [3.8, 4) is 11.1 Å². The van der Waals surface area contributed by atoms with Crippen molar-refractivity contribution < 1.29 is 4.74 Å². The van der Waals surface area contributed by atoms with Crippen molar-refractivity contribution in [3.63, 3.8) is 0 Å². The van der Waals surface area contributed by atoms with Crippen LogP contribution in [0.4, 0.5) is 0 Å². The fourth-order valence-electron chi connectivity index (χ4n) is 1.61. The molecule has 0 bridgehead atoms. The van der Waals surface area contributed by atoms with E-state index in [1.54, 1.807) is 19.6 Å². The second-order valence-electron chi connectivity index (χ2n) is 3.47. The molecule has 0 fully saturated rings. The molecule has 17 heavy (non-hydrogen) atoms. The van der Waals surface area contributed by atoms with Gasteiger partial charge < -0.3 is 4.74 Å². The smallest absolute Gasteiger partial charge is 0.136 e. The van der Waals surface area contributed by atoms with Crippen LogP contribution in [0.25, 0.3) is 17.2 Å². The number of aromatic nitrogens is 1. The monoisotopic (exact) mass is 245 g/mol. The van der Waals surface area contributed by atoms with Crippen LogP contribution in [0.2, 0.25) is 5.15 Å². The predicted octanol–water partition coefficient (Wildman–Crippen LogP) is 4.02. The zero-order valence-corrected chi connectivity index (χ0v) is 10.2. The van der Waals surface area contributed by atoms with Crippen LogP contribution in [0.5, 0.6) is 0 Å². The minimum absolute atomic E-state index is 0.472. The lowest BCUT2D eigenvalue weighted by Gasteiger charge is -2.07. The van der Waals surface area contributed by atoms with Crippen molar-refractivity contribution in [3.05, 3.63) is 59.6 Å². The highest BCUT2D eigenvalue weighted by Gasteiger charge is 2.06. The highest BCUT2D eigenvalue weighted by Crippen LogP contribution is 2.28. The van der Waals surface area contributed by atoms with Crippen molar-refractivity contribution in [1.29, 1.82) is 0 Å². The second kappa shape index (κ2) is 5.51. The first kappa shape index (κ1) is 11.7. The van der Waals surface area contributed by atoms with Gasteiger partial charge in [0.05, 0.1) is 13.4 Å². The Morgan fingerprint density at radius 2 is 1.94 bits per heavy atom. The Bertz CT molecular complexity index is 523. The normalized spacial score (nSPS) is 10.7. The lowest BCUT2D eigenvalue weighted by molar-refractivity contribution is 0.341. The zero-order valence-electron chi connectivity index (χ0n) is 9.43. The van der Waals surface area contributed by atoms with E-state index < -0.39 is 0 Å². The molecule has 2 aromatic rings. The highest BCUT2D eigenvalue weighted by atomic mass is 35.5. The molecule has 0 saturated carbocycles. The van der Waals surface area contributed by atoms with Crippen LogP contribution in [0.1, 0.15) is 5.56 Å². The van der Waals surface area contributed by atoms with Crippen molar-refractivity contribution in [2.45, 2.75) is 0 Å². The Morgan fingerprint density at radius 3 is 2.65 bits per heavy atom. The van der Waals surface area contributed by atoms with Gasteiger partial charge in [-0.1, -0.05) is 41.9 Å². The van der Waals surface area contributed by atoms with Gasteiger partial charge in [0.1, 0.15) is 5.15 Å². The highest BCUT2D eigenvalue weighted by molar-refractivity contribution is 6.31. The summed E-state index contributed by atoms with van der Waals surface area (Å²) in [6.07, 6.45) is 5.11. The maximum Gasteiger partial charge on any atom is 0.136 e. The van der Waals surface area contributed by atoms with Gasteiger partial charge in [0.2, 0.25) is 0 Å². The molecule has 0 aliphatic carbocycles. The maximum absolute atomic E-state index is 6.10. The summed E-state index contributed by atoms with van der Waals surface area (Å²) in [4.78, 5) is 4.08. The summed E-state index contributed by atoms with van der Waals surface area (Å²) in [5.41, 5.74) is 3.01. The number of halogens is 1. The van der Waals surface area contributed by atoms with Gasteiger partial charge in [0.25, 0.3) is 0 Å². The lowest BCUT2D eigenvalue weighted by Crippen LogP contribution is -1.87. The largest absolute Gasteiger partial charge is 0.504 e. The van der Waals surface area contributed by atoms with Crippen LogP contribution in [0, 0.1) is 0 Å². The van der Waals surface area contributed by atoms with Crippen LogP contribution in [-0.4, -0.2) is 12.1 Å². The third-order valence-corrected chi connectivity index (χ3v) is 2.70. The van der Waals surface area contributed by atoms with E-state index in [-0.39, 0.29) is 0 Å². The minimum atomic E-state index is 0.472. The van der Waals surface area contributed by atoms with Gasteiger partial charge in [-0.2, -0.15) is 0 Å². The summed E-state index contributed by atoms with van der Waals surface area (Å²) in [6, 6.07) is 12.0.